The molecule has 0 saturated carbocycles. The van der Waals surface area contributed by atoms with Crippen LogP contribution in [0.5, 0.6) is 0 Å². The number of hydrogen-bond donors (Lipinski definition) is 0. The molecule has 0 aliphatic heterocycles. The van der Waals surface area contributed by atoms with Crippen molar-refractivity contribution in [1.82, 2.24) is 15.0 Å². The highest BCUT2D eigenvalue weighted by Gasteiger charge is 2.03. The molecule has 4 nitrogen and oxygen atoms in total. The molecule has 0 unspecified atom stereocenters. The van der Waals surface area contributed by atoms with Crippen LogP contribution in [0.25, 0.3) is 0 Å². The highest BCUT2D eigenvalue weighted by Crippen LogP contribution is 2.14. The molecule has 0 aliphatic carbocycles. The van der Waals surface area contributed by atoms with E-state index in [-0.39, 0.29) is 5.56 Å². The maximum atomic E-state index is 11.3. The molecule has 0 fully saturated rings. The molecule has 0 aromatic carbocycles. The van der Waals surface area contributed by atoms with Gasteiger partial charge in [-0.05, 0) is 18.8 Å². The molecular weight excluding hydrogens is 190 g/mol. The van der Waals surface area contributed by atoms with Gasteiger partial charge in [0.05, 0.1) is 6.20 Å². The van der Waals surface area contributed by atoms with E-state index in [2.05, 4.69) is 24.2 Å². The molecule has 0 spiro atoms. The Morgan fingerprint density at radius 1 is 1.40 bits per heavy atom. The summed E-state index contributed by atoms with van der Waals surface area (Å²) in [7, 11) is 0. The zero-order valence-corrected chi connectivity index (χ0v) is 9.52. The minimum atomic E-state index is -0.0606. The Kier molecular flexibility index (Phi) is 5.01. The van der Waals surface area contributed by atoms with Crippen LogP contribution < -0.4 is 5.56 Å². The first-order valence-corrected chi connectivity index (χ1v) is 5.66. The first-order valence-electron chi connectivity index (χ1n) is 5.66. The van der Waals surface area contributed by atoms with Crippen molar-refractivity contribution in [2.45, 2.75) is 46.1 Å². The second kappa shape index (κ2) is 6.32. The van der Waals surface area contributed by atoms with Crippen LogP contribution in [0.1, 0.15) is 39.5 Å². The van der Waals surface area contributed by atoms with Gasteiger partial charge in [0.1, 0.15) is 0 Å². The third-order valence-corrected chi connectivity index (χ3v) is 2.83. The summed E-state index contributed by atoms with van der Waals surface area (Å²) in [6.45, 7) is 5.11. The van der Waals surface area contributed by atoms with E-state index in [1.165, 1.54) is 29.8 Å². The van der Waals surface area contributed by atoms with E-state index < -0.39 is 0 Å². The van der Waals surface area contributed by atoms with E-state index in [1.807, 2.05) is 0 Å². The smallest absolute Gasteiger partial charge is 0.268 e. The van der Waals surface area contributed by atoms with E-state index in [9.17, 15) is 4.79 Å². The largest absolute Gasteiger partial charge is 0.269 e. The summed E-state index contributed by atoms with van der Waals surface area (Å²) in [5.41, 5.74) is -0.0606. The summed E-state index contributed by atoms with van der Waals surface area (Å²) in [6, 6.07) is 1.45. The van der Waals surface area contributed by atoms with Crippen LogP contribution in [0.2, 0.25) is 0 Å². The van der Waals surface area contributed by atoms with Crippen LogP contribution in [0.4, 0.5) is 0 Å². The van der Waals surface area contributed by atoms with Gasteiger partial charge in [-0.2, -0.15) is 0 Å². The maximum absolute atomic E-state index is 11.3. The number of nitrogens with zero attached hydrogens (tertiary/aromatic N) is 3. The zero-order valence-electron chi connectivity index (χ0n) is 9.52. The highest BCUT2D eigenvalue weighted by molar-refractivity contribution is 4.76. The second-order valence-electron chi connectivity index (χ2n) is 3.81. The SMILES string of the molecule is CCC(CC)CCCn1nnccc1=O. The van der Waals surface area contributed by atoms with Crippen LogP contribution in [0.15, 0.2) is 17.1 Å². The Labute approximate surface area is 90.3 Å². The average molecular weight is 209 g/mol. The highest BCUT2D eigenvalue weighted by atomic mass is 16.1. The first-order chi connectivity index (χ1) is 7.27. The Morgan fingerprint density at radius 2 is 2.13 bits per heavy atom. The number of rotatable bonds is 6. The molecule has 15 heavy (non-hydrogen) atoms. The van der Waals surface area contributed by atoms with Gasteiger partial charge in [-0.15, -0.1) is 5.10 Å². The van der Waals surface area contributed by atoms with Gasteiger partial charge in [-0.25, -0.2) is 4.68 Å². The van der Waals surface area contributed by atoms with Gasteiger partial charge < -0.3 is 0 Å². The Morgan fingerprint density at radius 3 is 2.73 bits per heavy atom. The summed E-state index contributed by atoms with van der Waals surface area (Å²) in [5, 5.41) is 7.48. The number of hydrogen-bond acceptors (Lipinski definition) is 3. The summed E-state index contributed by atoms with van der Waals surface area (Å²) >= 11 is 0. The summed E-state index contributed by atoms with van der Waals surface area (Å²) in [6.07, 6.45) is 6.03. The quantitative estimate of drug-likeness (QED) is 0.718. The molecule has 1 aromatic heterocycles. The van der Waals surface area contributed by atoms with Crippen LogP contribution in [-0.2, 0) is 6.54 Å². The van der Waals surface area contributed by atoms with Gasteiger partial charge in [0.25, 0.3) is 5.56 Å². The predicted octanol–water partition coefficient (Wildman–Crippen LogP) is 1.85. The third kappa shape index (κ3) is 3.81. The minimum Gasteiger partial charge on any atom is -0.268 e. The molecule has 84 valence electrons. The summed E-state index contributed by atoms with van der Waals surface area (Å²) < 4.78 is 1.43. The fourth-order valence-electron chi connectivity index (χ4n) is 1.70. The Hall–Kier alpha value is -1.19. The molecular formula is C11H19N3O. The van der Waals surface area contributed by atoms with Crippen LogP contribution >= 0.6 is 0 Å². The third-order valence-electron chi connectivity index (χ3n) is 2.83. The van der Waals surface area contributed by atoms with Crippen molar-refractivity contribution in [3.8, 4) is 0 Å². The average Bonchev–Trinajstić information content (AvgIpc) is 2.27. The molecule has 1 heterocycles. The van der Waals surface area contributed by atoms with Crippen molar-refractivity contribution in [2.24, 2.45) is 5.92 Å². The number of aromatic nitrogens is 3. The van der Waals surface area contributed by atoms with Crippen molar-refractivity contribution in [3.63, 3.8) is 0 Å². The molecule has 1 rings (SSSR count). The van der Waals surface area contributed by atoms with Gasteiger partial charge in [0, 0.05) is 12.6 Å². The van der Waals surface area contributed by atoms with E-state index in [0.717, 1.165) is 18.8 Å². The van der Waals surface area contributed by atoms with Crippen LogP contribution in [-0.4, -0.2) is 15.0 Å². The van der Waals surface area contributed by atoms with Gasteiger partial charge in [0.2, 0.25) is 0 Å². The number of aryl methyl sites for hydroxylation is 1. The van der Waals surface area contributed by atoms with Gasteiger partial charge in [0.15, 0.2) is 0 Å². The summed E-state index contributed by atoms with van der Waals surface area (Å²) in [5.74, 6) is 0.775. The van der Waals surface area contributed by atoms with Crippen LogP contribution in [0, 0.1) is 5.92 Å². The second-order valence-corrected chi connectivity index (χ2v) is 3.81. The molecule has 0 bridgehead atoms. The van der Waals surface area contributed by atoms with Gasteiger partial charge in [-0.3, -0.25) is 4.79 Å². The van der Waals surface area contributed by atoms with Gasteiger partial charge in [-0.1, -0.05) is 31.9 Å². The summed E-state index contributed by atoms with van der Waals surface area (Å²) in [4.78, 5) is 11.3. The lowest BCUT2D eigenvalue weighted by molar-refractivity contribution is 0.405. The van der Waals surface area contributed by atoms with Crippen molar-refractivity contribution in [1.29, 1.82) is 0 Å². The molecule has 0 amide bonds. The monoisotopic (exact) mass is 209 g/mol. The predicted molar refractivity (Wildman–Crippen MR) is 59.6 cm³/mol. The normalized spacial score (nSPS) is 10.9. The molecule has 0 radical (unpaired) electrons. The molecule has 0 aliphatic rings. The standard InChI is InChI=1S/C11H19N3O/c1-3-10(4-2)6-5-9-14-11(15)7-8-12-13-14/h7-8,10H,3-6,9H2,1-2H3. The fourth-order valence-corrected chi connectivity index (χ4v) is 1.70. The Balaban J connectivity index is 2.38. The molecule has 0 N–H and O–H groups in total. The van der Waals surface area contributed by atoms with Crippen molar-refractivity contribution < 1.29 is 0 Å². The molecule has 0 atom stereocenters. The van der Waals surface area contributed by atoms with E-state index in [0.29, 0.717) is 6.54 Å². The van der Waals surface area contributed by atoms with E-state index >= 15 is 0 Å². The van der Waals surface area contributed by atoms with Crippen LogP contribution in [0.3, 0.4) is 0 Å². The maximum Gasteiger partial charge on any atom is 0.269 e. The van der Waals surface area contributed by atoms with Crippen molar-refractivity contribution >= 4 is 0 Å². The molecule has 1 aromatic rings. The lowest BCUT2D eigenvalue weighted by Crippen LogP contribution is -2.22. The minimum absolute atomic E-state index is 0.0606. The topological polar surface area (TPSA) is 47.8 Å². The van der Waals surface area contributed by atoms with Crippen molar-refractivity contribution in [3.05, 3.63) is 22.6 Å². The van der Waals surface area contributed by atoms with E-state index in [4.69, 9.17) is 0 Å². The first kappa shape index (κ1) is 11.9. The molecule has 4 heteroatoms. The van der Waals surface area contributed by atoms with Crippen molar-refractivity contribution in [2.75, 3.05) is 0 Å². The van der Waals surface area contributed by atoms with E-state index in [1.54, 1.807) is 0 Å². The molecule has 0 saturated heterocycles. The lowest BCUT2D eigenvalue weighted by Gasteiger charge is -2.11. The lowest BCUT2D eigenvalue weighted by atomic mass is 9.98. The Bertz CT molecular complexity index is 331. The van der Waals surface area contributed by atoms with Gasteiger partial charge >= 0.3 is 0 Å². The fraction of sp³-hybridized carbons (Fsp3) is 0.727. The zero-order chi connectivity index (χ0) is 11.1.